The zero-order chi connectivity index (χ0) is 12.7. The van der Waals surface area contributed by atoms with Gasteiger partial charge in [-0.2, -0.15) is 0 Å². The van der Waals surface area contributed by atoms with Crippen molar-refractivity contribution in [1.29, 1.82) is 0 Å². The fourth-order valence-corrected chi connectivity index (χ4v) is 3.21. The Kier molecular flexibility index (Phi) is 3.11. The van der Waals surface area contributed by atoms with E-state index in [1.54, 1.807) is 12.1 Å². The molecule has 2 unspecified atom stereocenters. The summed E-state index contributed by atoms with van der Waals surface area (Å²) in [5.74, 6) is 0.829. The van der Waals surface area contributed by atoms with Gasteiger partial charge in [0.2, 0.25) is 0 Å². The molecule has 1 aromatic rings. The molecular weight excluding hydrogens is 299 g/mol. The van der Waals surface area contributed by atoms with Gasteiger partial charge in [-0.3, -0.25) is 4.79 Å². The number of carbonyl (C=O) groups excluding carboxylic acids is 1. The van der Waals surface area contributed by atoms with Crippen molar-refractivity contribution < 1.29 is 9.18 Å². The van der Waals surface area contributed by atoms with Crippen LogP contribution in [0.25, 0.3) is 0 Å². The van der Waals surface area contributed by atoms with Crippen LogP contribution in [0.3, 0.4) is 0 Å². The maximum Gasteiger partial charge on any atom is 0.253 e. The first-order chi connectivity index (χ1) is 8.65. The van der Waals surface area contributed by atoms with E-state index >= 15 is 0 Å². The molecular formula is C13H14BrFN2O. The van der Waals surface area contributed by atoms with Crippen molar-refractivity contribution in [3.63, 3.8) is 0 Å². The van der Waals surface area contributed by atoms with Gasteiger partial charge in [-0.25, -0.2) is 4.39 Å². The van der Waals surface area contributed by atoms with Gasteiger partial charge in [-0.05, 0) is 46.0 Å². The molecule has 3 rings (SSSR count). The summed E-state index contributed by atoms with van der Waals surface area (Å²) >= 11 is 3.12. The quantitative estimate of drug-likeness (QED) is 0.859. The van der Waals surface area contributed by atoms with Crippen LogP contribution in [-0.2, 0) is 0 Å². The smallest absolute Gasteiger partial charge is 0.253 e. The Morgan fingerprint density at radius 1 is 1.33 bits per heavy atom. The van der Waals surface area contributed by atoms with E-state index in [2.05, 4.69) is 21.2 Å². The van der Waals surface area contributed by atoms with Gasteiger partial charge in [0.05, 0.1) is 4.47 Å². The lowest BCUT2D eigenvalue weighted by molar-refractivity contribution is 0.0781. The maximum atomic E-state index is 13.1. The molecule has 2 aliphatic heterocycles. The third-order valence-corrected chi connectivity index (χ3v) is 4.45. The Labute approximate surface area is 113 Å². The standard InChI is InChI=1S/C13H14BrFN2O/c14-11-3-8(1-2-12(11)15)13(18)17-6-9-4-16-5-10(9)7-17/h1-3,9-10,16H,4-7H2. The molecule has 18 heavy (non-hydrogen) atoms. The van der Waals surface area contributed by atoms with Gasteiger partial charge in [-0.1, -0.05) is 0 Å². The minimum absolute atomic E-state index is 0.00472. The van der Waals surface area contributed by atoms with E-state index in [0.717, 1.165) is 26.2 Å². The normalized spacial score (nSPS) is 26.4. The summed E-state index contributed by atoms with van der Waals surface area (Å²) in [5, 5.41) is 3.35. The van der Waals surface area contributed by atoms with Gasteiger partial charge < -0.3 is 10.2 Å². The lowest BCUT2D eigenvalue weighted by atomic mass is 10.0. The van der Waals surface area contributed by atoms with Crippen LogP contribution in [0.15, 0.2) is 22.7 Å². The molecule has 3 nitrogen and oxygen atoms in total. The SMILES string of the molecule is O=C(c1ccc(F)c(Br)c1)N1CC2CNCC2C1. The van der Waals surface area contributed by atoms with Crippen molar-refractivity contribution in [2.45, 2.75) is 0 Å². The Bertz CT molecular complexity index is 482. The third-order valence-electron chi connectivity index (χ3n) is 3.84. The number of hydrogen-bond acceptors (Lipinski definition) is 2. The van der Waals surface area contributed by atoms with Gasteiger partial charge in [0.15, 0.2) is 0 Å². The number of rotatable bonds is 1. The second-order valence-electron chi connectivity index (χ2n) is 5.02. The Morgan fingerprint density at radius 2 is 2.00 bits per heavy atom. The van der Waals surface area contributed by atoms with E-state index < -0.39 is 0 Å². The first-order valence-electron chi connectivity index (χ1n) is 6.10. The van der Waals surface area contributed by atoms with Gasteiger partial charge in [0.1, 0.15) is 5.82 Å². The molecule has 2 saturated heterocycles. The summed E-state index contributed by atoms with van der Waals surface area (Å²) < 4.78 is 13.5. The summed E-state index contributed by atoms with van der Waals surface area (Å²) in [7, 11) is 0. The van der Waals surface area contributed by atoms with Crippen molar-refractivity contribution in [3.05, 3.63) is 34.1 Å². The molecule has 0 aromatic heterocycles. The monoisotopic (exact) mass is 312 g/mol. The second kappa shape index (κ2) is 4.63. The van der Waals surface area contributed by atoms with Crippen molar-refractivity contribution in [1.82, 2.24) is 10.2 Å². The fraction of sp³-hybridized carbons (Fsp3) is 0.462. The van der Waals surface area contributed by atoms with Gasteiger partial charge in [0.25, 0.3) is 5.91 Å². The number of carbonyl (C=O) groups is 1. The first kappa shape index (κ1) is 12.1. The lowest BCUT2D eigenvalue weighted by Crippen LogP contribution is -2.31. The molecule has 0 bridgehead atoms. The van der Waals surface area contributed by atoms with E-state index in [-0.39, 0.29) is 11.7 Å². The molecule has 0 saturated carbocycles. The molecule has 2 fully saturated rings. The number of halogens is 2. The molecule has 1 amide bonds. The molecule has 2 aliphatic rings. The van der Waals surface area contributed by atoms with Crippen molar-refractivity contribution in [3.8, 4) is 0 Å². The van der Waals surface area contributed by atoms with Crippen molar-refractivity contribution in [2.24, 2.45) is 11.8 Å². The molecule has 96 valence electrons. The topological polar surface area (TPSA) is 32.3 Å². The number of benzene rings is 1. The zero-order valence-corrected chi connectivity index (χ0v) is 11.4. The zero-order valence-electron chi connectivity index (χ0n) is 9.83. The molecule has 1 N–H and O–H groups in total. The highest BCUT2D eigenvalue weighted by Crippen LogP contribution is 2.28. The summed E-state index contributed by atoms with van der Waals surface area (Å²) in [5.41, 5.74) is 0.552. The highest BCUT2D eigenvalue weighted by atomic mass is 79.9. The first-order valence-corrected chi connectivity index (χ1v) is 6.89. The van der Waals surface area contributed by atoms with Crippen LogP contribution in [0.1, 0.15) is 10.4 Å². The predicted molar refractivity (Wildman–Crippen MR) is 69.9 cm³/mol. The van der Waals surface area contributed by atoms with Gasteiger partial charge in [-0.15, -0.1) is 0 Å². The summed E-state index contributed by atoms with van der Waals surface area (Å²) in [4.78, 5) is 14.2. The number of fused-ring (bicyclic) bond motifs is 1. The molecule has 1 aromatic carbocycles. The minimum Gasteiger partial charge on any atom is -0.338 e. The van der Waals surface area contributed by atoms with E-state index in [4.69, 9.17) is 0 Å². The van der Waals surface area contributed by atoms with Crippen LogP contribution in [0.2, 0.25) is 0 Å². The van der Waals surface area contributed by atoms with Gasteiger partial charge >= 0.3 is 0 Å². The summed E-state index contributed by atoms with van der Waals surface area (Å²) in [6.07, 6.45) is 0. The molecule has 2 heterocycles. The van der Waals surface area contributed by atoms with Crippen LogP contribution >= 0.6 is 15.9 Å². The summed E-state index contributed by atoms with van der Waals surface area (Å²) in [6.45, 7) is 3.63. The largest absolute Gasteiger partial charge is 0.338 e. The molecule has 0 aliphatic carbocycles. The molecule has 0 radical (unpaired) electrons. The van der Waals surface area contributed by atoms with E-state index in [0.29, 0.717) is 21.9 Å². The van der Waals surface area contributed by atoms with Crippen LogP contribution in [0.5, 0.6) is 0 Å². The predicted octanol–water partition coefficient (Wildman–Crippen LogP) is 1.88. The van der Waals surface area contributed by atoms with Crippen molar-refractivity contribution >= 4 is 21.8 Å². The number of likely N-dealkylation sites (tertiary alicyclic amines) is 1. The average molecular weight is 313 g/mol. The van der Waals surface area contributed by atoms with E-state index in [9.17, 15) is 9.18 Å². The second-order valence-corrected chi connectivity index (χ2v) is 5.87. The molecule has 2 atom stereocenters. The fourth-order valence-electron chi connectivity index (χ4n) is 2.83. The molecule has 0 spiro atoms. The summed E-state index contributed by atoms with van der Waals surface area (Å²) in [6, 6.07) is 4.44. The Hall–Kier alpha value is -0.940. The van der Waals surface area contributed by atoms with Crippen LogP contribution in [0.4, 0.5) is 4.39 Å². The van der Waals surface area contributed by atoms with E-state index in [1.807, 2.05) is 4.90 Å². The Morgan fingerprint density at radius 3 is 2.61 bits per heavy atom. The van der Waals surface area contributed by atoms with E-state index in [1.165, 1.54) is 6.07 Å². The lowest BCUT2D eigenvalue weighted by Gasteiger charge is -2.17. The number of nitrogens with one attached hydrogen (secondary N) is 1. The van der Waals surface area contributed by atoms with Crippen LogP contribution < -0.4 is 5.32 Å². The number of hydrogen-bond donors (Lipinski definition) is 1. The Balaban J connectivity index is 1.77. The van der Waals surface area contributed by atoms with Gasteiger partial charge in [0, 0.05) is 31.7 Å². The molecule has 5 heteroatoms. The minimum atomic E-state index is -0.339. The third kappa shape index (κ3) is 2.06. The number of nitrogens with zero attached hydrogens (tertiary/aromatic N) is 1. The van der Waals surface area contributed by atoms with Crippen LogP contribution in [-0.4, -0.2) is 37.0 Å². The maximum absolute atomic E-state index is 13.1. The van der Waals surface area contributed by atoms with Crippen LogP contribution in [0, 0.1) is 17.7 Å². The highest BCUT2D eigenvalue weighted by molar-refractivity contribution is 9.10. The number of amides is 1. The average Bonchev–Trinajstić information content (AvgIpc) is 2.92. The highest BCUT2D eigenvalue weighted by Gasteiger charge is 2.38. The van der Waals surface area contributed by atoms with Crippen molar-refractivity contribution in [2.75, 3.05) is 26.2 Å².